The third kappa shape index (κ3) is 9.72. The number of pyridine rings is 2. The highest BCUT2D eigenvalue weighted by molar-refractivity contribution is 7.62. The molecule has 0 unspecified atom stereocenters. The zero-order valence-corrected chi connectivity index (χ0v) is 25.7. The molecule has 0 aliphatic heterocycles. The Hall–Kier alpha value is -2.97. The SMILES string of the molecule is CC(C)(C)P(C(C)(C)C)C(C)(C)C.Cc1c(C#Cc2ccncc2)cc(CO)cc1C#Cc1ccncc1. The molecule has 1 aromatic carbocycles. The Morgan fingerprint density at radius 3 is 1.24 bits per heavy atom. The Morgan fingerprint density at radius 1 is 0.632 bits per heavy atom. The van der Waals surface area contributed by atoms with Gasteiger partial charge >= 0.3 is 0 Å². The van der Waals surface area contributed by atoms with Crippen LogP contribution in [0.4, 0.5) is 0 Å². The molecule has 0 spiro atoms. The predicted octanol–water partition coefficient (Wildman–Crippen LogP) is 7.94. The third-order valence-electron chi connectivity index (χ3n) is 5.71. The molecule has 38 heavy (non-hydrogen) atoms. The van der Waals surface area contributed by atoms with Gasteiger partial charge in [0.15, 0.2) is 0 Å². The van der Waals surface area contributed by atoms with Crippen LogP contribution in [0.3, 0.4) is 0 Å². The lowest BCUT2D eigenvalue weighted by molar-refractivity contribution is 0.282. The fraction of sp³-hybridized carbons (Fsp3) is 0.412. The van der Waals surface area contributed by atoms with Crippen molar-refractivity contribution in [1.29, 1.82) is 0 Å². The van der Waals surface area contributed by atoms with Gasteiger partial charge < -0.3 is 5.11 Å². The molecule has 1 N–H and O–H groups in total. The molecule has 0 radical (unpaired) electrons. The van der Waals surface area contributed by atoms with Crippen LogP contribution in [-0.4, -0.2) is 30.5 Å². The molecule has 0 bridgehead atoms. The van der Waals surface area contributed by atoms with Crippen molar-refractivity contribution < 1.29 is 5.11 Å². The number of benzene rings is 1. The molecule has 0 aliphatic rings. The van der Waals surface area contributed by atoms with Crippen LogP contribution in [0, 0.1) is 30.6 Å². The van der Waals surface area contributed by atoms with E-state index in [4.69, 9.17) is 0 Å². The Balaban J connectivity index is 0.000000332. The smallest absolute Gasteiger partial charge is 0.0682 e. The molecular formula is C34H43N2OP. The lowest BCUT2D eigenvalue weighted by Crippen LogP contribution is -2.34. The first-order chi connectivity index (χ1) is 17.6. The molecular weight excluding hydrogens is 483 g/mol. The molecule has 0 aliphatic carbocycles. The monoisotopic (exact) mass is 526 g/mol. The molecule has 200 valence electrons. The molecule has 3 rings (SSSR count). The van der Waals surface area contributed by atoms with Gasteiger partial charge in [0.25, 0.3) is 0 Å². The summed E-state index contributed by atoms with van der Waals surface area (Å²) in [4.78, 5) is 7.98. The molecule has 0 atom stereocenters. The van der Waals surface area contributed by atoms with Crippen LogP contribution in [0.2, 0.25) is 0 Å². The normalized spacial score (nSPS) is 11.5. The Labute approximate surface area is 232 Å². The summed E-state index contributed by atoms with van der Waals surface area (Å²) in [6.07, 6.45) is 6.86. The van der Waals surface area contributed by atoms with Crippen LogP contribution in [0.15, 0.2) is 61.2 Å². The van der Waals surface area contributed by atoms with Crippen LogP contribution in [0.25, 0.3) is 0 Å². The zero-order valence-electron chi connectivity index (χ0n) is 24.8. The van der Waals surface area contributed by atoms with E-state index >= 15 is 0 Å². The van der Waals surface area contributed by atoms with Crippen molar-refractivity contribution in [1.82, 2.24) is 9.97 Å². The van der Waals surface area contributed by atoms with Crippen molar-refractivity contribution in [2.45, 2.75) is 91.3 Å². The van der Waals surface area contributed by atoms with Crippen LogP contribution >= 0.6 is 7.92 Å². The van der Waals surface area contributed by atoms with Gasteiger partial charge in [0.05, 0.1) is 6.61 Å². The van der Waals surface area contributed by atoms with Crippen LogP contribution < -0.4 is 0 Å². The highest BCUT2D eigenvalue weighted by Gasteiger charge is 2.41. The van der Waals surface area contributed by atoms with Gasteiger partial charge in [-0.15, -0.1) is 0 Å². The van der Waals surface area contributed by atoms with Crippen LogP contribution in [0.1, 0.15) is 95.7 Å². The topological polar surface area (TPSA) is 46.0 Å². The molecule has 2 heterocycles. The molecule has 0 saturated carbocycles. The first-order valence-corrected chi connectivity index (χ1v) is 14.4. The van der Waals surface area contributed by atoms with Gasteiger partial charge in [-0.1, -0.05) is 93.9 Å². The number of aliphatic hydroxyl groups is 1. The minimum Gasteiger partial charge on any atom is -0.392 e. The Bertz CT molecular complexity index is 1190. The van der Waals surface area contributed by atoms with Gasteiger partial charge in [0, 0.05) is 47.0 Å². The van der Waals surface area contributed by atoms with Crippen LogP contribution in [-0.2, 0) is 6.61 Å². The van der Waals surface area contributed by atoms with Gasteiger partial charge in [0.1, 0.15) is 0 Å². The van der Waals surface area contributed by atoms with Gasteiger partial charge in [-0.3, -0.25) is 9.97 Å². The van der Waals surface area contributed by atoms with E-state index in [1.54, 1.807) is 24.8 Å². The average molecular weight is 527 g/mol. The minimum atomic E-state index is -0.0475. The maximum Gasteiger partial charge on any atom is 0.0682 e. The molecule has 0 saturated heterocycles. The second-order valence-electron chi connectivity index (χ2n) is 12.3. The van der Waals surface area contributed by atoms with E-state index < -0.39 is 0 Å². The van der Waals surface area contributed by atoms with E-state index in [-0.39, 0.29) is 14.5 Å². The summed E-state index contributed by atoms with van der Waals surface area (Å²) in [6.45, 7) is 23.4. The predicted molar refractivity (Wildman–Crippen MR) is 164 cm³/mol. The van der Waals surface area contributed by atoms with Crippen molar-refractivity contribution in [3.63, 3.8) is 0 Å². The van der Waals surface area contributed by atoms with Crippen molar-refractivity contribution in [2.75, 3.05) is 0 Å². The first-order valence-electron chi connectivity index (χ1n) is 13.0. The van der Waals surface area contributed by atoms with E-state index in [0.29, 0.717) is 15.5 Å². The molecule has 4 heteroatoms. The van der Waals surface area contributed by atoms with Gasteiger partial charge in [-0.05, 0) is 69.9 Å². The molecule has 0 amide bonds. The molecule has 3 nitrogen and oxygen atoms in total. The number of hydrogen-bond donors (Lipinski definition) is 1. The van der Waals surface area contributed by atoms with E-state index in [0.717, 1.165) is 33.4 Å². The lowest BCUT2D eigenvalue weighted by atomic mass is 9.98. The molecule has 3 aromatic rings. The number of hydrogen-bond acceptors (Lipinski definition) is 3. The average Bonchev–Trinajstić information content (AvgIpc) is 2.81. The number of nitrogens with zero attached hydrogens (tertiary/aromatic N) is 2. The van der Waals surface area contributed by atoms with E-state index in [1.807, 2.05) is 43.3 Å². The maximum absolute atomic E-state index is 9.53. The summed E-state index contributed by atoms with van der Waals surface area (Å²) in [5.74, 6) is 12.6. The van der Waals surface area contributed by atoms with E-state index in [2.05, 4.69) is 96.0 Å². The fourth-order valence-electron chi connectivity index (χ4n) is 5.29. The largest absolute Gasteiger partial charge is 0.392 e. The van der Waals surface area contributed by atoms with E-state index in [9.17, 15) is 5.11 Å². The maximum atomic E-state index is 9.53. The molecule has 2 aromatic heterocycles. The standard InChI is InChI=1S/C22H16N2O.C12H27P/c1-17-21(4-2-18-6-10-23-11-7-18)14-20(16-25)15-22(17)5-3-19-8-12-24-13-9-19;1-10(2,3)13(11(4,5)6)12(7,8)9/h6-15,25H,16H2,1H3;1-9H3. The van der Waals surface area contributed by atoms with Crippen LogP contribution in [0.5, 0.6) is 0 Å². The summed E-state index contributed by atoms with van der Waals surface area (Å²) >= 11 is 0. The van der Waals surface area contributed by atoms with Gasteiger partial charge in [-0.2, -0.15) is 0 Å². The summed E-state index contributed by atoms with van der Waals surface area (Å²) in [6, 6.07) is 11.3. The summed E-state index contributed by atoms with van der Waals surface area (Å²) in [5.41, 5.74) is 5.31. The number of rotatable bonds is 1. The summed E-state index contributed by atoms with van der Waals surface area (Å²) in [5, 5.41) is 10.9. The fourth-order valence-corrected chi connectivity index (χ4v) is 11.3. The first kappa shape index (κ1) is 31.2. The molecule has 0 fully saturated rings. The highest BCUT2D eigenvalue weighted by atomic mass is 31.1. The highest BCUT2D eigenvalue weighted by Crippen LogP contribution is 2.66. The Kier molecular flexibility index (Phi) is 10.9. The summed E-state index contributed by atoms with van der Waals surface area (Å²) in [7, 11) is 0.0162. The van der Waals surface area contributed by atoms with Gasteiger partial charge in [-0.25, -0.2) is 0 Å². The number of aromatic nitrogens is 2. The quantitative estimate of drug-likeness (QED) is 0.259. The lowest BCUT2D eigenvalue weighted by Gasteiger charge is -2.49. The second-order valence-corrected chi connectivity index (χ2v) is 17.0. The van der Waals surface area contributed by atoms with Crippen molar-refractivity contribution in [2.24, 2.45) is 0 Å². The van der Waals surface area contributed by atoms with E-state index in [1.165, 1.54) is 0 Å². The number of aliphatic hydroxyl groups excluding tert-OH is 1. The third-order valence-corrected chi connectivity index (χ3v) is 9.73. The second kappa shape index (κ2) is 13.2. The van der Waals surface area contributed by atoms with Gasteiger partial charge in [0.2, 0.25) is 0 Å². The van der Waals surface area contributed by atoms with Crippen molar-refractivity contribution in [3.8, 4) is 23.7 Å². The summed E-state index contributed by atoms with van der Waals surface area (Å²) < 4.78 is 0. The van der Waals surface area contributed by atoms with Crippen molar-refractivity contribution in [3.05, 3.63) is 94.6 Å². The zero-order chi connectivity index (χ0) is 28.6. The Morgan fingerprint density at radius 2 is 0.974 bits per heavy atom. The van der Waals surface area contributed by atoms with Crippen molar-refractivity contribution >= 4 is 7.92 Å². The minimum absolute atomic E-state index is 0.0162.